The second-order valence-corrected chi connectivity index (χ2v) is 6.96. The van der Waals surface area contributed by atoms with E-state index >= 15 is 0 Å². The molecule has 0 aliphatic carbocycles. The number of ether oxygens (including phenoxy) is 1. The van der Waals surface area contributed by atoms with Gasteiger partial charge in [-0.1, -0.05) is 17.7 Å². The number of likely N-dealkylation sites (tertiary alicyclic amines) is 1. The summed E-state index contributed by atoms with van der Waals surface area (Å²) in [4.78, 5) is 48.9. The fourth-order valence-corrected chi connectivity index (χ4v) is 3.11. The van der Waals surface area contributed by atoms with Gasteiger partial charge in [-0.2, -0.15) is 0 Å². The summed E-state index contributed by atoms with van der Waals surface area (Å²) in [6.07, 6.45) is 1.03. The number of piperidine rings is 1. The SMILES string of the molecule is Cc1ccc(C)c(C(=O)CCC(=O)OCC(=O)N2CCC(C(N)=O)CC2)c1. The zero-order valence-corrected chi connectivity index (χ0v) is 15.8. The predicted octanol–water partition coefficient (Wildman–Crippen LogP) is 1.53. The van der Waals surface area contributed by atoms with Crippen molar-refractivity contribution >= 4 is 23.6 Å². The van der Waals surface area contributed by atoms with Crippen LogP contribution in [0, 0.1) is 19.8 Å². The van der Waals surface area contributed by atoms with Crippen LogP contribution in [-0.4, -0.2) is 48.2 Å². The molecule has 0 unspecified atom stereocenters. The van der Waals surface area contributed by atoms with Gasteiger partial charge >= 0.3 is 5.97 Å². The fraction of sp³-hybridized carbons (Fsp3) is 0.500. The summed E-state index contributed by atoms with van der Waals surface area (Å²) in [5, 5.41) is 0. The molecule has 0 atom stereocenters. The average Bonchev–Trinajstić information content (AvgIpc) is 2.66. The van der Waals surface area contributed by atoms with Crippen LogP contribution in [0.15, 0.2) is 18.2 Å². The Morgan fingerprint density at radius 2 is 1.78 bits per heavy atom. The van der Waals surface area contributed by atoms with Gasteiger partial charge < -0.3 is 15.4 Å². The molecule has 1 aromatic rings. The molecular weight excluding hydrogens is 348 g/mol. The summed E-state index contributed by atoms with van der Waals surface area (Å²) in [7, 11) is 0. The minimum atomic E-state index is -0.575. The Hall–Kier alpha value is -2.70. The van der Waals surface area contributed by atoms with Gasteiger partial charge in [0.2, 0.25) is 5.91 Å². The number of hydrogen-bond acceptors (Lipinski definition) is 5. The summed E-state index contributed by atoms with van der Waals surface area (Å²) in [6, 6.07) is 5.61. The minimum Gasteiger partial charge on any atom is -0.456 e. The van der Waals surface area contributed by atoms with Gasteiger partial charge in [0.15, 0.2) is 12.4 Å². The van der Waals surface area contributed by atoms with Crippen molar-refractivity contribution in [3.8, 4) is 0 Å². The molecule has 0 bridgehead atoms. The lowest BCUT2D eigenvalue weighted by molar-refractivity contribution is -0.152. The maximum atomic E-state index is 12.3. The van der Waals surface area contributed by atoms with E-state index in [0.717, 1.165) is 11.1 Å². The normalized spacial score (nSPS) is 14.7. The van der Waals surface area contributed by atoms with Gasteiger partial charge in [0.25, 0.3) is 5.91 Å². The molecule has 0 saturated carbocycles. The predicted molar refractivity (Wildman–Crippen MR) is 98.9 cm³/mol. The first kappa shape index (κ1) is 20.6. The van der Waals surface area contributed by atoms with E-state index in [1.807, 2.05) is 32.0 Å². The highest BCUT2D eigenvalue weighted by Crippen LogP contribution is 2.17. The van der Waals surface area contributed by atoms with E-state index in [4.69, 9.17) is 10.5 Å². The molecule has 0 aromatic heterocycles. The van der Waals surface area contributed by atoms with Crippen LogP contribution in [0.1, 0.15) is 47.2 Å². The third kappa shape index (κ3) is 5.91. The van der Waals surface area contributed by atoms with Crippen LogP contribution < -0.4 is 5.73 Å². The van der Waals surface area contributed by atoms with Gasteiger partial charge in [-0.05, 0) is 38.3 Å². The Kier molecular flexibility index (Phi) is 7.10. The molecule has 7 nitrogen and oxygen atoms in total. The molecule has 1 saturated heterocycles. The number of rotatable bonds is 7. The molecule has 0 spiro atoms. The van der Waals surface area contributed by atoms with E-state index in [1.54, 1.807) is 4.90 Å². The van der Waals surface area contributed by atoms with E-state index in [9.17, 15) is 19.2 Å². The molecule has 2 amide bonds. The summed E-state index contributed by atoms with van der Waals surface area (Å²) in [5.41, 5.74) is 7.73. The number of esters is 1. The third-order valence-electron chi connectivity index (χ3n) is 4.86. The Labute approximate surface area is 158 Å². The Bertz CT molecular complexity index is 736. The van der Waals surface area contributed by atoms with Crippen LogP contribution in [0.3, 0.4) is 0 Å². The number of hydrogen-bond donors (Lipinski definition) is 1. The zero-order valence-electron chi connectivity index (χ0n) is 15.8. The van der Waals surface area contributed by atoms with Crippen molar-refractivity contribution in [3.63, 3.8) is 0 Å². The lowest BCUT2D eigenvalue weighted by Crippen LogP contribution is -2.43. The molecule has 1 aromatic carbocycles. The number of nitrogens with zero attached hydrogens (tertiary/aromatic N) is 1. The summed E-state index contributed by atoms with van der Waals surface area (Å²) in [5.74, 6) is -1.54. The Morgan fingerprint density at radius 3 is 2.41 bits per heavy atom. The van der Waals surface area contributed by atoms with Crippen molar-refractivity contribution in [2.75, 3.05) is 19.7 Å². The quantitative estimate of drug-likeness (QED) is 0.575. The van der Waals surface area contributed by atoms with Crippen molar-refractivity contribution < 1.29 is 23.9 Å². The molecular formula is C20H26N2O5. The number of primary amides is 1. The van der Waals surface area contributed by atoms with E-state index in [1.165, 1.54) is 0 Å². The highest BCUT2D eigenvalue weighted by molar-refractivity contribution is 5.99. The van der Waals surface area contributed by atoms with Crippen LogP contribution in [0.2, 0.25) is 0 Å². The molecule has 1 aliphatic heterocycles. The number of nitrogens with two attached hydrogens (primary N) is 1. The average molecular weight is 374 g/mol. The van der Waals surface area contributed by atoms with Crippen LogP contribution in [-0.2, 0) is 19.1 Å². The lowest BCUT2D eigenvalue weighted by Gasteiger charge is -2.30. The minimum absolute atomic E-state index is 0.0430. The third-order valence-corrected chi connectivity index (χ3v) is 4.86. The number of carbonyl (C=O) groups excluding carboxylic acids is 4. The first-order valence-corrected chi connectivity index (χ1v) is 9.11. The summed E-state index contributed by atoms with van der Waals surface area (Å²) < 4.78 is 5.00. The fourth-order valence-electron chi connectivity index (χ4n) is 3.11. The van der Waals surface area contributed by atoms with Crippen LogP contribution in [0.4, 0.5) is 0 Å². The Balaban J connectivity index is 1.73. The number of carbonyl (C=O) groups is 4. The van der Waals surface area contributed by atoms with Crippen molar-refractivity contribution in [2.24, 2.45) is 11.7 Å². The van der Waals surface area contributed by atoms with Gasteiger partial charge in [-0.3, -0.25) is 19.2 Å². The summed E-state index contributed by atoms with van der Waals surface area (Å²) in [6.45, 7) is 4.26. The topological polar surface area (TPSA) is 107 Å². The maximum Gasteiger partial charge on any atom is 0.306 e. The molecule has 2 rings (SSSR count). The largest absolute Gasteiger partial charge is 0.456 e. The standard InChI is InChI=1S/C20H26N2O5/c1-13-3-4-14(2)16(11-13)17(23)5-6-19(25)27-12-18(24)22-9-7-15(8-10-22)20(21)26/h3-4,11,15H,5-10,12H2,1-2H3,(H2,21,26). The highest BCUT2D eigenvalue weighted by atomic mass is 16.5. The van der Waals surface area contributed by atoms with Crippen molar-refractivity contribution in [3.05, 3.63) is 34.9 Å². The second kappa shape index (κ2) is 9.30. The van der Waals surface area contributed by atoms with E-state index in [2.05, 4.69) is 0 Å². The van der Waals surface area contributed by atoms with Gasteiger partial charge in [0.05, 0.1) is 6.42 Å². The van der Waals surface area contributed by atoms with Crippen LogP contribution >= 0.6 is 0 Å². The summed E-state index contributed by atoms with van der Waals surface area (Å²) >= 11 is 0. The van der Waals surface area contributed by atoms with E-state index < -0.39 is 5.97 Å². The molecule has 2 N–H and O–H groups in total. The molecule has 146 valence electrons. The van der Waals surface area contributed by atoms with Gasteiger partial charge in [0, 0.05) is 31.0 Å². The molecule has 0 radical (unpaired) electrons. The number of Topliss-reactive ketones (excluding diaryl/α,β-unsaturated/α-hetero) is 1. The van der Waals surface area contributed by atoms with Crippen molar-refractivity contribution in [1.82, 2.24) is 4.90 Å². The number of aryl methyl sites for hydroxylation is 2. The van der Waals surface area contributed by atoms with Crippen LogP contribution in [0.5, 0.6) is 0 Å². The van der Waals surface area contributed by atoms with Gasteiger partial charge in [0.1, 0.15) is 0 Å². The van der Waals surface area contributed by atoms with Crippen molar-refractivity contribution in [1.29, 1.82) is 0 Å². The molecule has 27 heavy (non-hydrogen) atoms. The second-order valence-electron chi connectivity index (χ2n) is 6.96. The molecule has 1 aliphatic rings. The van der Waals surface area contributed by atoms with Crippen LogP contribution in [0.25, 0.3) is 0 Å². The highest BCUT2D eigenvalue weighted by Gasteiger charge is 2.26. The number of ketones is 1. The van der Waals surface area contributed by atoms with E-state index in [-0.39, 0.29) is 43.0 Å². The number of benzene rings is 1. The van der Waals surface area contributed by atoms with Crippen molar-refractivity contribution in [2.45, 2.75) is 39.5 Å². The first-order chi connectivity index (χ1) is 12.8. The Morgan fingerprint density at radius 1 is 1.11 bits per heavy atom. The van der Waals surface area contributed by atoms with Gasteiger partial charge in [-0.25, -0.2) is 0 Å². The lowest BCUT2D eigenvalue weighted by atomic mass is 9.96. The molecule has 1 heterocycles. The van der Waals surface area contributed by atoms with Gasteiger partial charge in [-0.15, -0.1) is 0 Å². The molecule has 1 fully saturated rings. The molecule has 7 heteroatoms. The number of amides is 2. The van der Waals surface area contributed by atoms with E-state index in [0.29, 0.717) is 31.5 Å². The smallest absolute Gasteiger partial charge is 0.306 e. The first-order valence-electron chi connectivity index (χ1n) is 9.11. The monoisotopic (exact) mass is 374 g/mol. The maximum absolute atomic E-state index is 12.3. The zero-order chi connectivity index (χ0) is 20.0.